The molecule has 1 aromatic carbocycles. The maximum absolute atomic E-state index is 12.9. The molecule has 3 fully saturated rings. The van der Waals surface area contributed by atoms with Crippen molar-refractivity contribution in [2.75, 3.05) is 31.1 Å². The molecular weight excluding hydrogens is 378 g/mol. The van der Waals surface area contributed by atoms with Crippen molar-refractivity contribution in [3.05, 3.63) is 29.8 Å². The number of halogens is 1. The molecule has 2 amide bonds. The fourth-order valence-corrected chi connectivity index (χ4v) is 4.85. The van der Waals surface area contributed by atoms with Gasteiger partial charge in [0.2, 0.25) is 0 Å². The number of hydrogen-bond donors (Lipinski definition) is 2. The van der Waals surface area contributed by atoms with Crippen LogP contribution in [0.2, 0.25) is 0 Å². The molecule has 7 heteroatoms. The summed E-state index contributed by atoms with van der Waals surface area (Å²) in [5.41, 5.74) is 2.34. The van der Waals surface area contributed by atoms with E-state index >= 15 is 0 Å². The summed E-state index contributed by atoms with van der Waals surface area (Å²) in [6.07, 6.45) is 5.30. The number of rotatable bonds is 4. The van der Waals surface area contributed by atoms with Crippen molar-refractivity contribution in [1.82, 2.24) is 10.2 Å². The number of benzene rings is 1. The van der Waals surface area contributed by atoms with Crippen LogP contribution in [0.4, 0.5) is 10.5 Å². The zero-order chi connectivity index (χ0) is 18.8. The highest BCUT2D eigenvalue weighted by Gasteiger charge is 2.37. The first-order valence-electron chi connectivity index (χ1n) is 10.2. The van der Waals surface area contributed by atoms with Crippen LogP contribution in [0.3, 0.4) is 0 Å². The number of carbonyl (C=O) groups is 2. The summed E-state index contributed by atoms with van der Waals surface area (Å²) in [6.45, 7) is 3.61. The summed E-state index contributed by atoms with van der Waals surface area (Å²) in [7, 11) is 0. The molecule has 28 heavy (non-hydrogen) atoms. The number of piperidine rings is 1. The Bertz CT molecular complexity index is 683. The van der Waals surface area contributed by atoms with Gasteiger partial charge in [-0.2, -0.15) is 0 Å². The molecule has 2 saturated heterocycles. The molecule has 1 aromatic rings. The van der Waals surface area contributed by atoms with E-state index in [9.17, 15) is 9.59 Å². The molecule has 2 heterocycles. The van der Waals surface area contributed by atoms with Crippen molar-refractivity contribution in [2.24, 2.45) is 5.92 Å². The number of carbonyl (C=O) groups excluding carboxylic acids is 1. The molecule has 0 radical (unpaired) electrons. The smallest absolute Gasteiger partial charge is 0.324 e. The Hall–Kier alpha value is -1.79. The number of nitrogens with zero attached hydrogens (tertiary/aromatic N) is 2. The Morgan fingerprint density at radius 2 is 1.61 bits per heavy atom. The van der Waals surface area contributed by atoms with Crippen LogP contribution in [-0.4, -0.2) is 54.2 Å². The van der Waals surface area contributed by atoms with Crippen molar-refractivity contribution in [2.45, 2.75) is 50.5 Å². The maximum Gasteiger partial charge on any atom is 0.324 e. The van der Waals surface area contributed by atoms with E-state index < -0.39 is 5.97 Å². The highest BCUT2D eigenvalue weighted by Crippen LogP contribution is 2.32. The van der Waals surface area contributed by atoms with Crippen LogP contribution in [0.1, 0.15) is 50.0 Å². The summed E-state index contributed by atoms with van der Waals surface area (Å²) in [5, 5.41) is 12.6. The molecule has 0 bridgehead atoms. The van der Waals surface area contributed by atoms with Gasteiger partial charge in [0.1, 0.15) is 0 Å². The highest BCUT2D eigenvalue weighted by atomic mass is 35.5. The van der Waals surface area contributed by atoms with Gasteiger partial charge in [0, 0.05) is 24.8 Å². The molecule has 6 nitrogen and oxygen atoms in total. The fourth-order valence-electron chi connectivity index (χ4n) is 4.85. The van der Waals surface area contributed by atoms with Gasteiger partial charge in [-0.05, 0) is 75.2 Å². The second kappa shape index (κ2) is 9.14. The molecule has 1 aliphatic carbocycles. The molecule has 0 unspecified atom stereocenters. The number of urea groups is 1. The Morgan fingerprint density at radius 3 is 2.21 bits per heavy atom. The van der Waals surface area contributed by atoms with Crippen LogP contribution in [-0.2, 0) is 4.79 Å². The Morgan fingerprint density at radius 1 is 0.964 bits per heavy atom. The molecule has 0 aromatic heterocycles. The monoisotopic (exact) mass is 407 g/mol. The molecule has 0 atom stereocenters. The second-order valence-corrected chi connectivity index (χ2v) is 8.09. The standard InChI is InChI=1S/C21H29N3O3.ClH/c25-20(26)17-3-7-19(8-4-17)24-14-13-23(21(24)27)18-5-1-15(2-6-18)16-9-11-22-12-10-16;/h1-2,5-6,16-17,19,22H,3-4,7-14H2,(H,25,26);1H. The quantitative estimate of drug-likeness (QED) is 0.801. The van der Waals surface area contributed by atoms with E-state index in [4.69, 9.17) is 5.11 Å². The van der Waals surface area contributed by atoms with Gasteiger partial charge < -0.3 is 15.3 Å². The van der Waals surface area contributed by atoms with Gasteiger partial charge in [-0.1, -0.05) is 12.1 Å². The predicted molar refractivity (Wildman–Crippen MR) is 111 cm³/mol. The average Bonchev–Trinajstić information content (AvgIpc) is 3.10. The van der Waals surface area contributed by atoms with Crippen LogP contribution in [0, 0.1) is 5.92 Å². The lowest BCUT2D eigenvalue weighted by Gasteiger charge is -2.33. The predicted octanol–water partition coefficient (Wildman–Crippen LogP) is 3.46. The summed E-state index contributed by atoms with van der Waals surface area (Å²) in [5.74, 6) is -0.315. The Labute approximate surface area is 172 Å². The van der Waals surface area contributed by atoms with Crippen LogP contribution in [0.5, 0.6) is 0 Å². The SMILES string of the molecule is Cl.O=C(O)C1CCC(N2CCN(c3ccc(C4CCNCC4)cc3)C2=O)CC1. The molecule has 2 aliphatic heterocycles. The minimum atomic E-state index is -0.698. The molecule has 2 N–H and O–H groups in total. The average molecular weight is 408 g/mol. The van der Waals surface area contributed by atoms with Crippen molar-refractivity contribution >= 4 is 30.1 Å². The fraction of sp³-hybridized carbons (Fsp3) is 0.619. The minimum absolute atomic E-state index is 0. The summed E-state index contributed by atoms with van der Waals surface area (Å²) >= 11 is 0. The topological polar surface area (TPSA) is 72.9 Å². The number of hydrogen-bond acceptors (Lipinski definition) is 3. The number of anilines is 1. The van der Waals surface area contributed by atoms with Crippen LogP contribution < -0.4 is 10.2 Å². The Kier molecular flexibility index (Phi) is 6.83. The number of carboxylic acid groups (broad SMARTS) is 1. The molecule has 154 valence electrons. The highest BCUT2D eigenvalue weighted by molar-refractivity contribution is 5.94. The van der Waals surface area contributed by atoms with Gasteiger partial charge >= 0.3 is 12.0 Å². The van der Waals surface area contributed by atoms with E-state index in [1.54, 1.807) is 0 Å². The molecule has 0 spiro atoms. The zero-order valence-electron chi connectivity index (χ0n) is 16.2. The third-order valence-corrected chi connectivity index (χ3v) is 6.54. The van der Waals surface area contributed by atoms with Crippen LogP contribution in [0.25, 0.3) is 0 Å². The van der Waals surface area contributed by atoms with Gasteiger partial charge in [0.25, 0.3) is 0 Å². The normalized spacial score (nSPS) is 26.2. The first kappa shape index (κ1) is 20.9. The Balaban J connectivity index is 0.00000225. The number of nitrogens with one attached hydrogen (secondary N) is 1. The van der Waals surface area contributed by atoms with Crippen LogP contribution >= 0.6 is 12.4 Å². The van der Waals surface area contributed by atoms with Gasteiger partial charge in [-0.25, -0.2) is 4.79 Å². The van der Waals surface area contributed by atoms with Crippen molar-refractivity contribution in [3.63, 3.8) is 0 Å². The number of carboxylic acids is 1. The van der Waals surface area contributed by atoms with E-state index in [1.807, 2.05) is 9.80 Å². The minimum Gasteiger partial charge on any atom is -0.481 e. The van der Waals surface area contributed by atoms with Crippen molar-refractivity contribution in [3.8, 4) is 0 Å². The summed E-state index contributed by atoms with van der Waals surface area (Å²) in [4.78, 5) is 27.9. The third-order valence-electron chi connectivity index (χ3n) is 6.54. The lowest BCUT2D eigenvalue weighted by atomic mass is 9.85. The van der Waals surface area contributed by atoms with E-state index in [0.29, 0.717) is 25.3 Å². The van der Waals surface area contributed by atoms with E-state index in [1.165, 1.54) is 18.4 Å². The van der Waals surface area contributed by atoms with Gasteiger partial charge in [0.05, 0.1) is 5.92 Å². The van der Waals surface area contributed by atoms with Crippen molar-refractivity contribution in [1.29, 1.82) is 0 Å². The zero-order valence-corrected chi connectivity index (χ0v) is 17.0. The summed E-state index contributed by atoms with van der Waals surface area (Å²) < 4.78 is 0. The van der Waals surface area contributed by atoms with Gasteiger partial charge in [-0.3, -0.25) is 9.69 Å². The lowest BCUT2D eigenvalue weighted by molar-refractivity contribution is -0.143. The number of amides is 2. The van der Waals surface area contributed by atoms with E-state index in [-0.39, 0.29) is 30.4 Å². The first-order chi connectivity index (χ1) is 13.1. The second-order valence-electron chi connectivity index (χ2n) is 8.09. The van der Waals surface area contributed by atoms with Gasteiger partial charge in [-0.15, -0.1) is 12.4 Å². The number of aliphatic carboxylic acids is 1. The summed E-state index contributed by atoms with van der Waals surface area (Å²) in [6, 6.07) is 8.79. The van der Waals surface area contributed by atoms with Crippen LogP contribution in [0.15, 0.2) is 24.3 Å². The maximum atomic E-state index is 12.9. The largest absolute Gasteiger partial charge is 0.481 e. The molecule has 3 aliphatic rings. The first-order valence-corrected chi connectivity index (χ1v) is 10.2. The van der Waals surface area contributed by atoms with E-state index in [2.05, 4.69) is 29.6 Å². The molecular formula is C21H30ClN3O3. The molecule has 1 saturated carbocycles. The third kappa shape index (κ3) is 4.28. The van der Waals surface area contributed by atoms with E-state index in [0.717, 1.165) is 38.2 Å². The van der Waals surface area contributed by atoms with Crippen molar-refractivity contribution < 1.29 is 14.7 Å². The van der Waals surface area contributed by atoms with Gasteiger partial charge in [0.15, 0.2) is 0 Å². The molecule has 4 rings (SSSR count). The lowest BCUT2D eigenvalue weighted by Crippen LogP contribution is -2.42.